The molecule has 6 heteroatoms. The Morgan fingerprint density at radius 2 is 2.33 bits per heavy atom. The number of hydrogen-bond acceptors (Lipinski definition) is 3. The Morgan fingerprint density at radius 3 is 2.67 bits per heavy atom. The van der Waals surface area contributed by atoms with Gasteiger partial charge in [0.2, 0.25) is 0 Å². The van der Waals surface area contributed by atoms with Crippen molar-refractivity contribution in [1.82, 2.24) is 5.32 Å². The first-order valence-corrected chi connectivity index (χ1v) is 2.10. The van der Waals surface area contributed by atoms with Crippen LogP contribution in [0.25, 0.3) is 0 Å². The maximum absolute atomic E-state index is 9.72. The van der Waals surface area contributed by atoms with Crippen LogP contribution in [0.5, 0.6) is 0 Å². The SMILES string of the molecule is N/C(CNC(=O)O)=N/O. The summed E-state index contributed by atoms with van der Waals surface area (Å²) in [4.78, 5) is 9.72. The fourth-order valence-corrected chi connectivity index (χ4v) is 0.202. The van der Waals surface area contributed by atoms with E-state index in [1.54, 1.807) is 0 Å². The quantitative estimate of drug-likeness (QED) is 0.168. The second-order valence-electron chi connectivity index (χ2n) is 1.25. The van der Waals surface area contributed by atoms with Crippen molar-refractivity contribution in [1.29, 1.82) is 0 Å². The van der Waals surface area contributed by atoms with Gasteiger partial charge in [-0.3, -0.25) is 0 Å². The summed E-state index contributed by atoms with van der Waals surface area (Å²) in [6, 6.07) is 0. The summed E-state index contributed by atoms with van der Waals surface area (Å²) in [7, 11) is 0. The molecule has 0 atom stereocenters. The third-order valence-electron chi connectivity index (χ3n) is 0.549. The van der Waals surface area contributed by atoms with Crippen molar-refractivity contribution in [3.05, 3.63) is 0 Å². The molecule has 0 aliphatic rings. The normalized spacial score (nSPS) is 10.9. The minimum atomic E-state index is -1.21. The molecule has 0 rings (SSSR count). The summed E-state index contributed by atoms with van der Waals surface area (Å²) >= 11 is 0. The smallest absolute Gasteiger partial charge is 0.405 e. The van der Waals surface area contributed by atoms with Crippen molar-refractivity contribution < 1.29 is 15.1 Å². The summed E-state index contributed by atoms with van der Waals surface area (Å²) in [6.07, 6.45) is -1.21. The fourth-order valence-electron chi connectivity index (χ4n) is 0.202. The molecule has 5 N–H and O–H groups in total. The van der Waals surface area contributed by atoms with Gasteiger partial charge in [-0.1, -0.05) is 5.16 Å². The molecule has 0 fully saturated rings. The van der Waals surface area contributed by atoms with Crippen molar-refractivity contribution in [3.8, 4) is 0 Å². The largest absolute Gasteiger partial charge is 0.465 e. The summed E-state index contributed by atoms with van der Waals surface area (Å²) in [5.41, 5.74) is 4.90. The number of oxime groups is 1. The highest BCUT2D eigenvalue weighted by molar-refractivity contribution is 5.84. The number of amidine groups is 1. The zero-order valence-electron chi connectivity index (χ0n) is 4.53. The van der Waals surface area contributed by atoms with Gasteiger partial charge >= 0.3 is 6.09 Å². The molecule has 0 spiro atoms. The molecule has 0 saturated carbocycles. The Morgan fingerprint density at radius 1 is 1.78 bits per heavy atom. The lowest BCUT2D eigenvalue weighted by Gasteiger charge is -1.95. The van der Waals surface area contributed by atoms with Crippen molar-refractivity contribution in [3.63, 3.8) is 0 Å². The Balaban J connectivity index is 3.39. The number of amides is 1. The highest BCUT2D eigenvalue weighted by atomic mass is 16.4. The molecule has 0 bridgehead atoms. The molecule has 0 saturated heterocycles. The van der Waals surface area contributed by atoms with E-state index in [0.29, 0.717) is 0 Å². The molecule has 0 unspecified atom stereocenters. The lowest BCUT2D eigenvalue weighted by atomic mass is 10.6. The van der Waals surface area contributed by atoms with E-state index in [1.807, 2.05) is 5.32 Å². The van der Waals surface area contributed by atoms with Gasteiger partial charge in [-0.15, -0.1) is 0 Å². The third kappa shape index (κ3) is 4.39. The maximum Gasteiger partial charge on any atom is 0.405 e. The summed E-state index contributed by atoms with van der Waals surface area (Å²) < 4.78 is 0. The minimum absolute atomic E-state index is 0.161. The molecule has 0 aromatic heterocycles. The van der Waals surface area contributed by atoms with E-state index in [0.717, 1.165) is 0 Å². The van der Waals surface area contributed by atoms with Crippen LogP contribution in [-0.2, 0) is 0 Å². The second kappa shape index (κ2) is 3.53. The van der Waals surface area contributed by atoms with Gasteiger partial charge in [0.15, 0.2) is 5.84 Å². The van der Waals surface area contributed by atoms with Crippen LogP contribution in [0.1, 0.15) is 0 Å². The Hall–Kier alpha value is -1.46. The van der Waals surface area contributed by atoms with E-state index >= 15 is 0 Å². The third-order valence-corrected chi connectivity index (χ3v) is 0.549. The number of carboxylic acid groups (broad SMARTS) is 1. The van der Waals surface area contributed by atoms with Gasteiger partial charge in [0.1, 0.15) is 0 Å². The fraction of sp³-hybridized carbons (Fsp3) is 0.333. The summed E-state index contributed by atoms with van der Waals surface area (Å²) in [5, 5.41) is 20.3. The molecule has 9 heavy (non-hydrogen) atoms. The zero-order chi connectivity index (χ0) is 7.28. The lowest BCUT2D eigenvalue weighted by Crippen LogP contribution is -2.32. The highest BCUT2D eigenvalue weighted by Gasteiger charge is 1.94. The summed E-state index contributed by atoms with van der Waals surface area (Å²) in [6.45, 7) is -0.161. The number of nitrogens with one attached hydrogen (secondary N) is 1. The first-order valence-electron chi connectivity index (χ1n) is 2.10. The van der Waals surface area contributed by atoms with Crippen molar-refractivity contribution >= 4 is 11.9 Å². The Bertz CT molecular complexity index is 132. The molecule has 0 aromatic rings. The van der Waals surface area contributed by atoms with Gasteiger partial charge in [0.25, 0.3) is 0 Å². The van der Waals surface area contributed by atoms with Crippen molar-refractivity contribution in [2.24, 2.45) is 10.9 Å². The topological polar surface area (TPSA) is 108 Å². The van der Waals surface area contributed by atoms with E-state index in [9.17, 15) is 4.79 Å². The molecular weight excluding hydrogens is 126 g/mol. The lowest BCUT2D eigenvalue weighted by molar-refractivity contribution is 0.196. The average molecular weight is 133 g/mol. The first kappa shape index (κ1) is 7.54. The van der Waals surface area contributed by atoms with Gasteiger partial charge in [-0.25, -0.2) is 4.79 Å². The van der Waals surface area contributed by atoms with Gasteiger partial charge in [0.05, 0.1) is 6.54 Å². The van der Waals surface area contributed by atoms with Crippen LogP contribution in [0.4, 0.5) is 4.79 Å². The number of rotatable bonds is 2. The number of nitrogens with two attached hydrogens (primary N) is 1. The molecule has 0 heterocycles. The molecule has 0 aliphatic carbocycles. The van der Waals surface area contributed by atoms with Crippen LogP contribution < -0.4 is 11.1 Å². The van der Waals surface area contributed by atoms with Gasteiger partial charge in [-0.2, -0.15) is 0 Å². The van der Waals surface area contributed by atoms with Gasteiger partial charge in [0, 0.05) is 0 Å². The molecule has 0 radical (unpaired) electrons. The van der Waals surface area contributed by atoms with E-state index in [2.05, 4.69) is 5.16 Å². The first-order chi connectivity index (χ1) is 4.16. The molecule has 6 nitrogen and oxygen atoms in total. The number of carbonyl (C=O) groups is 1. The highest BCUT2D eigenvalue weighted by Crippen LogP contribution is 1.62. The standard InChI is InChI=1S/C3H7N3O3/c4-2(6-9)1-5-3(7)8/h5,9H,1H2,(H2,4,6)(H,7,8). The van der Waals surface area contributed by atoms with Crippen molar-refractivity contribution in [2.45, 2.75) is 0 Å². The van der Waals surface area contributed by atoms with E-state index < -0.39 is 6.09 Å². The van der Waals surface area contributed by atoms with E-state index in [4.69, 9.17) is 16.0 Å². The Labute approximate surface area is 51.0 Å². The van der Waals surface area contributed by atoms with Gasteiger partial charge in [-0.05, 0) is 0 Å². The van der Waals surface area contributed by atoms with Crippen LogP contribution in [0.15, 0.2) is 5.16 Å². The molecule has 0 aromatic carbocycles. The Kier molecular flexibility index (Phi) is 2.96. The summed E-state index contributed by atoms with van der Waals surface area (Å²) in [5.74, 6) is -0.169. The van der Waals surface area contributed by atoms with Crippen LogP contribution in [0.2, 0.25) is 0 Å². The molecule has 1 amide bonds. The second-order valence-corrected chi connectivity index (χ2v) is 1.25. The van der Waals surface area contributed by atoms with Crippen LogP contribution in [0, 0.1) is 0 Å². The molecular formula is C3H7N3O3. The number of nitrogens with zero attached hydrogens (tertiary/aromatic N) is 1. The predicted octanol–water partition coefficient (Wildman–Crippen LogP) is -1.000. The molecule has 52 valence electrons. The van der Waals surface area contributed by atoms with Crippen LogP contribution in [-0.4, -0.2) is 28.8 Å². The van der Waals surface area contributed by atoms with Gasteiger partial charge < -0.3 is 21.4 Å². The predicted molar refractivity (Wildman–Crippen MR) is 29.4 cm³/mol. The van der Waals surface area contributed by atoms with Crippen molar-refractivity contribution in [2.75, 3.05) is 6.54 Å². The van der Waals surface area contributed by atoms with Crippen LogP contribution in [0.3, 0.4) is 0 Å². The van der Waals surface area contributed by atoms with E-state index in [-0.39, 0.29) is 12.4 Å². The monoisotopic (exact) mass is 133 g/mol. The average Bonchev–Trinajstić information content (AvgIpc) is 1.83. The van der Waals surface area contributed by atoms with E-state index in [1.165, 1.54) is 0 Å². The number of hydrogen-bond donors (Lipinski definition) is 4. The maximum atomic E-state index is 9.72. The minimum Gasteiger partial charge on any atom is -0.465 e. The zero-order valence-corrected chi connectivity index (χ0v) is 4.53. The molecule has 0 aliphatic heterocycles. The van der Waals surface area contributed by atoms with Crippen LogP contribution >= 0.6 is 0 Å².